The van der Waals surface area contributed by atoms with Gasteiger partial charge in [-0.2, -0.15) is 0 Å². The number of halogens is 2. The maximum Gasteiger partial charge on any atom is 0.167 e. The summed E-state index contributed by atoms with van der Waals surface area (Å²) in [5.74, 6) is 0.000872. The van der Waals surface area contributed by atoms with Gasteiger partial charge in [-0.3, -0.25) is 14.8 Å². The second kappa shape index (κ2) is 5.80. The molecular formula is C16H10Cl2N2O. The van der Waals surface area contributed by atoms with Crippen LogP contribution in [0.4, 0.5) is 0 Å². The van der Waals surface area contributed by atoms with Crippen LogP contribution in [0.5, 0.6) is 0 Å². The zero-order chi connectivity index (χ0) is 14.8. The molecule has 104 valence electrons. The van der Waals surface area contributed by atoms with Crippen LogP contribution in [0.1, 0.15) is 15.9 Å². The van der Waals surface area contributed by atoms with E-state index < -0.39 is 0 Å². The van der Waals surface area contributed by atoms with Gasteiger partial charge in [0, 0.05) is 24.4 Å². The predicted molar refractivity (Wildman–Crippen MR) is 84.0 cm³/mol. The van der Waals surface area contributed by atoms with Crippen molar-refractivity contribution in [3.8, 4) is 0 Å². The first-order chi connectivity index (χ1) is 10.1. The van der Waals surface area contributed by atoms with Crippen molar-refractivity contribution >= 4 is 40.0 Å². The lowest BCUT2D eigenvalue weighted by Crippen LogP contribution is -2.03. The zero-order valence-corrected chi connectivity index (χ0v) is 12.4. The van der Waals surface area contributed by atoms with E-state index in [0.717, 1.165) is 11.1 Å². The van der Waals surface area contributed by atoms with Gasteiger partial charge in [0.15, 0.2) is 5.78 Å². The van der Waals surface area contributed by atoms with Crippen LogP contribution in [0, 0.1) is 0 Å². The van der Waals surface area contributed by atoms with Gasteiger partial charge in [0.2, 0.25) is 0 Å². The molecule has 3 nitrogen and oxygen atoms in total. The fourth-order valence-corrected chi connectivity index (χ4v) is 2.39. The van der Waals surface area contributed by atoms with Gasteiger partial charge in [-0.15, -0.1) is 0 Å². The Morgan fingerprint density at radius 2 is 1.67 bits per heavy atom. The number of fused-ring (bicyclic) bond motifs is 1. The Balaban J connectivity index is 1.87. The van der Waals surface area contributed by atoms with Crippen molar-refractivity contribution in [1.29, 1.82) is 0 Å². The Kier molecular flexibility index (Phi) is 3.86. The van der Waals surface area contributed by atoms with Gasteiger partial charge in [0.25, 0.3) is 0 Å². The number of aromatic nitrogens is 2. The fourth-order valence-electron chi connectivity index (χ4n) is 2.07. The van der Waals surface area contributed by atoms with Crippen molar-refractivity contribution < 1.29 is 4.79 Å². The number of rotatable bonds is 3. The molecule has 0 N–H and O–H groups in total. The van der Waals surface area contributed by atoms with Gasteiger partial charge in [0.05, 0.1) is 21.1 Å². The molecule has 0 fully saturated rings. The van der Waals surface area contributed by atoms with Gasteiger partial charge in [-0.25, -0.2) is 0 Å². The van der Waals surface area contributed by atoms with Gasteiger partial charge in [0.1, 0.15) is 0 Å². The normalized spacial score (nSPS) is 10.8. The van der Waals surface area contributed by atoms with Crippen LogP contribution < -0.4 is 0 Å². The van der Waals surface area contributed by atoms with E-state index in [1.807, 2.05) is 0 Å². The van der Waals surface area contributed by atoms with Crippen LogP contribution in [-0.4, -0.2) is 15.8 Å². The molecular weight excluding hydrogens is 307 g/mol. The molecule has 0 amide bonds. The highest BCUT2D eigenvalue weighted by atomic mass is 35.5. The molecule has 0 spiro atoms. The highest BCUT2D eigenvalue weighted by Crippen LogP contribution is 2.23. The van der Waals surface area contributed by atoms with Crippen molar-refractivity contribution in [3.05, 3.63) is 70.0 Å². The lowest BCUT2D eigenvalue weighted by atomic mass is 10.0. The summed E-state index contributed by atoms with van der Waals surface area (Å²) in [6.07, 6.45) is 3.50. The minimum Gasteiger partial charge on any atom is -0.294 e. The van der Waals surface area contributed by atoms with Crippen molar-refractivity contribution in [3.63, 3.8) is 0 Å². The first kappa shape index (κ1) is 14.0. The second-order valence-corrected chi connectivity index (χ2v) is 5.42. The minimum atomic E-state index is 0.000872. The number of hydrogen-bond acceptors (Lipinski definition) is 3. The van der Waals surface area contributed by atoms with Crippen molar-refractivity contribution in [1.82, 2.24) is 9.97 Å². The third kappa shape index (κ3) is 3.04. The molecule has 0 aliphatic rings. The lowest BCUT2D eigenvalue weighted by molar-refractivity contribution is 0.0993. The van der Waals surface area contributed by atoms with E-state index >= 15 is 0 Å². The van der Waals surface area contributed by atoms with Gasteiger partial charge in [-0.05, 0) is 35.9 Å². The lowest BCUT2D eigenvalue weighted by Gasteiger charge is -2.04. The minimum absolute atomic E-state index is 0.000872. The maximum absolute atomic E-state index is 12.3. The summed E-state index contributed by atoms with van der Waals surface area (Å²) in [6, 6.07) is 10.5. The number of ketones is 1. The van der Waals surface area contributed by atoms with Crippen LogP contribution in [0.3, 0.4) is 0 Å². The Labute approximate surface area is 131 Å². The first-order valence-corrected chi connectivity index (χ1v) is 7.07. The summed E-state index contributed by atoms with van der Waals surface area (Å²) >= 11 is 11.8. The molecule has 0 aliphatic heterocycles. The predicted octanol–water partition coefficient (Wildman–Crippen LogP) is 4.36. The number of carbonyl (C=O) groups is 1. The second-order valence-electron chi connectivity index (χ2n) is 4.61. The molecule has 0 saturated heterocycles. The fraction of sp³-hybridized carbons (Fsp3) is 0.0625. The molecule has 1 heterocycles. The van der Waals surface area contributed by atoms with E-state index in [4.69, 9.17) is 23.2 Å². The molecule has 3 aromatic rings. The van der Waals surface area contributed by atoms with E-state index in [9.17, 15) is 4.79 Å². The standard InChI is InChI=1S/C16H10Cl2N2O/c17-12-3-1-10(7-13(12)18)8-16(21)11-2-4-14-15(9-11)20-6-5-19-14/h1-7,9H,8H2. The van der Waals surface area contributed by atoms with E-state index in [1.54, 1.807) is 48.8 Å². The van der Waals surface area contributed by atoms with Crippen LogP contribution in [0.25, 0.3) is 11.0 Å². The summed E-state index contributed by atoms with van der Waals surface area (Å²) < 4.78 is 0. The third-order valence-electron chi connectivity index (χ3n) is 3.14. The SMILES string of the molecule is O=C(Cc1ccc(Cl)c(Cl)c1)c1ccc2nccnc2c1. The molecule has 3 rings (SSSR count). The Morgan fingerprint density at radius 3 is 2.43 bits per heavy atom. The smallest absolute Gasteiger partial charge is 0.167 e. The Hall–Kier alpha value is -1.97. The summed E-state index contributed by atoms with van der Waals surface area (Å²) in [4.78, 5) is 20.7. The zero-order valence-electron chi connectivity index (χ0n) is 10.9. The molecule has 0 atom stereocenters. The van der Waals surface area contributed by atoms with Crippen LogP contribution >= 0.6 is 23.2 Å². The van der Waals surface area contributed by atoms with E-state index in [2.05, 4.69) is 9.97 Å². The van der Waals surface area contributed by atoms with Crippen molar-refractivity contribution in [2.75, 3.05) is 0 Å². The monoisotopic (exact) mass is 316 g/mol. The maximum atomic E-state index is 12.3. The van der Waals surface area contributed by atoms with Crippen LogP contribution in [0.15, 0.2) is 48.8 Å². The molecule has 0 aliphatic carbocycles. The molecule has 0 bridgehead atoms. The highest BCUT2D eigenvalue weighted by Gasteiger charge is 2.10. The van der Waals surface area contributed by atoms with E-state index in [0.29, 0.717) is 21.1 Å². The van der Waals surface area contributed by atoms with E-state index in [1.165, 1.54) is 0 Å². The molecule has 0 unspecified atom stereocenters. The van der Waals surface area contributed by atoms with Crippen LogP contribution in [0.2, 0.25) is 10.0 Å². The average molecular weight is 317 g/mol. The van der Waals surface area contributed by atoms with E-state index in [-0.39, 0.29) is 12.2 Å². The summed E-state index contributed by atoms with van der Waals surface area (Å²) in [5.41, 5.74) is 2.91. The number of Topliss-reactive ketones (excluding diaryl/α,β-unsaturated/α-hetero) is 1. The quantitative estimate of drug-likeness (QED) is 0.674. The highest BCUT2D eigenvalue weighted by molar-refractivity contribution is 6.42. The first-order valence-electron chi connectivity index (χ1n) is 6.31. The number of nitrogens with zero attached hydrogens (tertiary/aromatic N) is 2. The largest absolute Gasteiger partial charge is 0.294 e. The number of benzene rings is 2. The molecule has 2 aromatic carbocycles. The molecule has 0 saturated carbocycles. The van der Waals surface area contributed by atoms with Crippen molar-refractivity contribution in [2.45, 2.75) is 6.42 Å². The molecule has 0 radical (unpaired) electrons. The summed E-state index contributed by atoms with van der Waals surface area (Å²) in [7, 11) is 0. The summed E-state index contributed by atoms with van der Waals surface area (Å²) in [5, 5.41) is 0.931. The van der Waals surface area contributed by atoms with Gasteiger partial charge >= 0.3 is 0 Å². The third-order valence-corrected chi connectivity index (χ3v) is 3.88. The average Bonchev–Trinajstić information content (AvgIpc) is 2.50. The Morgan fingerprint density at radius 1 is 0.905 bits per heavy atom. The number of hydrogen-bond donors (Lipinski definition) is 0. The van der Waals surface area contributed by atoms with Crippen molar-refractivity contribution in [2.24, 2.45) is 0 Å². The topological polar surface area (TPSA) is 42.9 Å². The Bertz CT molecular complexity index is 833. The van der Waals surface area contributed by atoms with Crippen LogP contribution in [-0.2, 0) is 6.42 Å². The molecule has 5 heteroatoms. The van der Waals surface area contributed by atoms with Gasteiger partial charge < -0.3 is 0 Å². The summed E-state index contributed by atoms with van der Waals surface area (Å²) in [6.45, 7) is 0. The molecule has 21 heavy (non-hydrogen) atoms. The van der Waals surface area contributed by atoms with Gasteiger partial charge in [-0.1, -0.05) is 29.3 Å². The number of carbonyl (C=O) groups excluding carboxylic acids is 1. The molecule has 1 aromatic heterocycles.